The molecule has 39 heavy (non-hydrogen) atoms. The molecule has 1 N–H and O–H groups in total. The number of fused-ring (bicyclic) bond motifs is 1. The molecular formula is C30H26NO7P. The van der Waals surface area contributed by atoms with E-state index in [4.69, 9.17) is 22.7 Å². The number of para-hydroxylation sites is 1. The highest BCUT2D eigenvalue weighted by molar-refractivity contribution is 7.42. The van der Waals surface area contributed by atoms with E-state index in [1.165, 1.54) is 12.3 Å². The van der Waals surface area contributed by atoms with E-state index in [-0.39, 0.29) is 12.1 Å². The van der Waals surface area contributed by atoms with Crippen molar-refractivity contribution in [3.63, 3.8) is 0 Å². The summed E-state index contributed by atoms with van der Waals surface area (Å²) in [4.78, 5) is 27.7. The topological polar surface area (TPSA) is 100.0 Å². The first kappa shape index (κ1) is 26.4. The van der Waals surface area contributed by atoms with Crippen molar-refractivity contribution in [2.75, 3.05) is 0 Å². The Labute approximate surface area is 226 Å². The molecule has 0 fully saturated rings. The van der Waals surface area contributed by atoms with Crippen LogP contribution in [0.1, 0.15) is 33.6 Å². The smallest absolute Gasteiger partial charge is 0.397 e. The van der Waals surface area contributed by atoms with Gasteiger partial charge < -0.3 is 18.7 Å². The van der Waals surface area contributed by atoms with Gasteiger partial charge in [-0.15, -0.1) is 0 Å². The molecule has 0 aliphatic heterocycles. The van der Waals surface area contributed by atoms with Gasteiger partial charge in [0.2, 0.25) is 0 Å². The Morgan fingerprint density at radius 2 is 1.44 bits per heavy atom. The Morgan fingerprint density at radius 3 is 2.10 bits per heavy atom. The molecule has 0 saturated carbocycles. The summed E-state index contributed by atoms with van der Waals surface area (Å²) in [6.45, 7) is 0.641. The van der Waals surface area contributed by atoms with E-state index in [1.807, 2.05) is 78.9 Å². The van der Waals surface area contributed by atoms with Crippen LogP contribution in [0.3, 0.4) is 0 Å². The average molecular weight is 544 g/mol. The molecule has 0 spiro atoms. The predicted octanol–water partition coefficient (Wildman–Crippen LogP) is 7.12. The van der Waals surface area contributed by atoms with Gasteiger partial charge >= 0.3 is 20.5 Å². The molecule has 0 radical (unpaired) electrons. The van der Waals surface area contributed by atoms with Crippen LogP contribution >= 0.6 is 8.60 Å². The first-order valence-electron chi connectivity index (χ1n) is 12.3. The molecule has 0 unspecified atom stereocenters. The number of carbonyl (C=O) groups is 2. The maximum absolute atomic E-state index is 12.4. The Bertz CT molecular complexity index is 1440. The van der Waals surface area contributed by atoms with E-state index in [0.717, 1.165) is 16.7 Å². The van der Waals surface area contributed by atoms with Gasteiger partial charge in [0.05, 0.1) is 31.4 Å². The van der Waals surface area contributed by atoms with Crippen LogP contribution in [-0.2, 0) is 38.2 Å². The minimum atomic E-state index is -1.76. The van der Waals surface area contributed by atoms with Crippen molar-refractivity contribution in [3.05, 3.63) is 126 Å². The van der Waals surface area contributed by atoms with Crippen LogP contribution in [0, 0.1) is 0 Å². The largest absolute Gasteiger partial charge is 0.463 e. The van der Waals surface area contributed by atoms with Gasteiger partial charge in [0.15, 0.2) is 5.58 Å². The summed E-state index contributed by atoms with van der Waals surface area (Å²) in [5.41, 5.74) is 4.07. The lowest BCUT2D eigenvalue weighted by atomic mass is 10.1. The number of aromatic amines is 1. The minimum absolute atomic E-state index is 0.0173. The van der Waals surface area contributed by atoms with Crippen LogP contribution in [0.15, 0.2) is 108 Å². The summed E-state index contributed by atoms with van der Waals surface area (Å²) in [7, 11) is -1.76. The van der Waals surface area contributed by atoms with Crippen LogP contribution in [0.4, 0.5) is 0 Å². The quantitative estimate of drug-likeness (QED) is 0.102. The lowest BCUT2D eigenvalue weighted by molar-refractivity contribution is -0.137. The lowest BCUT2D eigenvalue weighted by Gasteiger charge is -2.19. The maximum Gasteiger partial charge on any atom is 0.397 e. The Balaban J connectivity index is 1.20. The molecule has 0 amide bonds. The highest BCUT2D eigenvalue weighted by Gasteiger charge is 2.20. The molecule has 3 aromatic carbocycles. The normalized spacial score (nSPS) is 11.1. The molecule has 0 aliphatic rings. The lowest BCUT2D eigenvalue weighted by Crippen LogP contribution is -2.13. The van der Waals surface area contributed by atoms with Crippen LogP contribution in [0.25, 0.3) is 11.1 Å². The number of ether oxygens (including phenoxy) is 1. The third-order valence-corrected chi connectivity index (χ3v) is 6.79. The molecule has 5 aromatic rings. The van der Waals surface area contributed by atoms with E-state index < -0.39 is 20.5 Å². The summed E-state index contributed by atoms with van der Waals surface area (Å²) in [5, 5.41) is 0. The number of nitrogens with one attached hydrogen (secondary N) is 1. The first-order chi connectivity index (χ1) is 19.1. The van der Waals surface area contributed by atoms with Gasteiger partial charge in [-0.2, -0.15) is 0 Å². The molecule has 2 heterocycles. The van der Waals surface area contributed by atoms with Crippen molar-refractivity contribution in [1.82, 2.24) is 4.98 Å². The van der Waals surface area contributed by atoms with Gasteiger partial charge in [0.25, 0.3) is 0 Å². The van der Waals surface area contributed by atoms with Crippen molar-refractivity contribution < 1.29 is 32.3 Å². The third kappa shape index (κ3) is 7.42. The highest BCUT2D eigenvalue weighted by atomic mass is 31.2. The second-order valence-electron chi connectivity index (χ2n) is 8.58. The van der Waals surface area contributed by atoms with Gasteiger partial charge in [-0.3, -0.25) is 13.8 Å². The van der Waals surface area contributed by atoms with E-state index in [1.54, 1.807) is 12.1 Å². The molecule has 5 rings (SSSR count). The van der Waals surface area contributed by atoms with Crippen LogP contribution < -0.4 is 4.52 Å². The first-order valence-corrected chi connectivity index (χ1v) is 13.4. The minimum Gasteiger partial charge on any atom is -0.463 e. The summed E-state index contributed by atoms with van der Waals surface area (Å²) in [6.07, 6.45) is 1.79. The zero-order valence-electron chi connectivity index (χ0n) is 20.9. The predicted molar refractivity (Wildman–Crippen MR) is 146 cm³/mol. The fourth-order valence-electron chi connectivity index (χ4n) is 3.78. The maximum atomic E-state index is 12.4. The molecule has 9 heteroatoms. The Kier molecular flexibility index (Phi) is 8.81. The number of furan rings is 1. The van der Waals surface area contributed by atoms with E-state index in [9.17, 15) is 9.59 Å². The van der Waals surface area contributed by atoms with Crippen molar-refractivity contribution in [2.24, 2.45) is 0 Å². The number of esters is 2. The highest BCUT2D eigenvalue weighted by Crippen LogP contribution is 2.43. The zero-order chi connectivity index (χ0) is 26.9. The molecular weight excluding hydrogens is 517 g/mol. The molecule has 0 aliphatic carbocycles. The Hall–Kier alpha value is -4.23. The van der Waals surface area contributed by atoms with Gasteiger partial charge in [-0.1, -0.05) is 78.9 Å². The molecule has 2 aromatic heterocycles. The summed E-state index contributed by atoms with van der Waals surface area (Å²) >= 11 is 0. The number of H-pyrrole nitrogens is 1. The SMILES string of the molecule is O=C(CCc1ccccc1OP(OCc1ccccc1)OCc1ccccc1)OC(=O)c1cc2occc2[nH]1. The van der Waals surface area contributed by atoms with Gasteiger partial charge in [-0.05, 0) is 29.2 Å². The molecule has 8 nitrogen and oxygen atoms in total. The van der Waals surface area contributed by atoms with Gasteiger partial charge in [-0.25, -0.2) is 4.79 Å². The standard InChI is InChI=1S/C30H26NO7P/c32-29(37-30(33)26-19-28-25(31-26)17-18-34-28)16-15-24-13-7-8-14-27(24)38-39(35-20-22-9-3-1-4-10-22)36-21-23-11-5-2-6-12-23/h1-14,17-19,31H,15-16,20-21H2. The summed E-state index contributed by atoms with van der Waals surface area (Å²) in [5.74, 6) is -0.874. The number of rotatable bonds is 12. The zero-order valence-corrected chi connectivity index (χ0v) is 21.8. The monoisotopic (exact) mass is 543 g/mol. The van der Waals surface area contributed by atoms with E-state index in [2.05, 4.69) is 4.98 Å². The van der Waals surface area contributed by atoms with Crippen molar-refractivity contribution in [3.8, 4) is 5.75 Å². The van der Waals surface area contributed by atoms with E-state index >= 15 is 0 Å². The number of aromatic nitrogens is 1. The van der Waals surface area contributed by atoms with Crippen LogP contribution in [0.2, 0.25) is 0 Å². The number of aryl methyl sites for hydroxylation is 1. The van der Waals surface area contributed by atoms with Crippen LogP contribution in [-0.4, -0.2) is 16.9 Å². The van der Waals surface area contributed by atoms with Gasteiger partial charge in [0.1, 0.15) is 11.4 Å². The van der Waals surface area contributed by atoms with Crippen molar-refractivity contribution in [2.45, 2.75) is 26.1 Å². The molecule has 0 atom stereocenters. The number of hydrogen-bond donors (Lipinski definition) is 1. The number of benzene rings is 3. The molecule has 0 bridgehead atoms. The second kappa shape index (κ2) is 13.0. The number of hydrogen-bond acceptors (Lipinski definition) is 7. The fraction of sp³-hybridized carbons (Fsp3) is 0.133. The summed E-state index contributed by atoms with van der Waals surface area (Å²) < 4.78 is 28.5. The third-order valence-electron chi connectivity index (χ3n) is 5.77. The Morgan fingerprint density at radius 1 is 0.795 bits per heavy atom. The van der Waals surface area contributed by atoms with E-state index in [0.29, 0.717) is 36.5 Å². The van der Waals surface area contributed by atoms with Crippen molar-refractivity contribution >= 4 is 31.6 Å². The average Bonchev–Trinajstić information content (AvgIpc) is 3.58. The fourth-order valence-corrected chi connectivity index (χ4v) is 4.80. The van der Waals surface area contributed by atoms with Crippen molar-refractivity contribution in [1.29, 1.82) is 0 Å². The number of carbonyl (C=O) groups excluding carboxylic acids is 2. The van der Waals surface area contributed by atoms with Gasteiger partial charge in [0, 0.05) is 12.1 Å². The molecule has 0 saturated heterocycles. The van der Waals surface area contributed by atoms with Crippen LogP contribution in [0.5, 0.6) is 5.75 Å². The summed E-state index contributed by atoms with van der Waals surface area (Å²) in [6, 6.07) is 30.1. The molecule has 198 valence electrons. The second-order valence-corrected chi connectivity index (χ2v) is 9.73.